The molecular formula is C30H27N3O5. The number of benzene rings is 3. The molecule has 4 atom stereocenters. The summed E-state index contributed by atoms with van der Waals surface area (Å²) in [6, 6.07) is 21.2. The Morgan fingerprint density at radius 3 is 2.47 bits per heavy atom. The van der Waals surface area contributed by atoms with Gasteiger partial charge < -0.3 is 14.8 Å². The molecule has 192 valence electrons. The molecule has 2 amide bonds. The Hall–Kier alpha value is -4.43. The Labute approximate surface area is 219 Å². The number of aromatic amines is 1. The predicted molar refractivity (Wildman–Crippen MR) is 142 cm³/mol. The van der Waals surface area contributed by atoms with E-state index in [1.807, 2.05) is 61.5 Å². The molecule has 3 aromatic carbocycles. The molecule has 38 heavy (non-hydrogen) atoms. The quantitative estimate of drug-likeness (QED) is 0.339. The third-order valence-electron chi connectivity index (χ3n) is 8.01. The van der Waals surface area contributed by atoms with Gasteiger partial charge in [0.1, 0.15) is 11.3 Å². The lowest BCUT2D eigenvalue weighted by molar-refractivity contribution is -0.148. The van der Waals surface area contributed by atoms with Gasteiger partial charge in [-0.25, -0.2) is 4.90 Å². The zero-order valence-corrected chi connectivity index (χ0v) is 21.0. The third-order valence-corrected chi connectivity index (χ3v) is 8.01. The second-order valence-corrected chi connectivity index (χ2v) is 9.98. The fourth-order valence-electron chi connectivity index (χ4n) is 6.26. The first-order valence-electron chi connectivity index (χ1n) is 12.5. The second kappa shape index (κ2) is 8.85. The highest BCUT2D eigenvalue weighted by molar-refractivity contribution is 6.24. The van der Waals surface area contributed by atoms with E-state index in [2.05, 4.69) is 10.3 Å². The minimum absolute atomic E-state index is 0.0137. The van der Waals surface area contributed by atoms with Crippen molar-refractivity contribution in [3.63, 3.8) is 0 Å². The van der Waals surface area contributed by atoms with Crippen LogP contribution in [0.3, 0.4) is 0 Å². The van der Waals surface area contributed by atoms with Crippen molar-refractivity contribution in [2.45, 2.75) is 24.9 Å². The van der Waals surface area contributed by atoms with Gasteiger partial charge >= 0.3 is 5.97 Å². The highest BCUT2D eigenvalue weighted by atomic mass is 16.5. The number of carbonyl (C=O) groups excluding carboxylic acids is 2. The SMILES string of the molecule is COc1ccccc1C1NC(Cc2c[nH]c3ccccc23)(C(=O)O)C2C(=O)N(c3ccccc3C)C(=O)C12. The van der Waals surface area contributed by atoms with Crippen LogP contribution < -0.4 is 15.0 Å². The van der Waals surface area contributed by atoms with Gasteiger partial charge in [0.2, 0.25) is 11.8 Å². The van der Waals surface area contributed by atoms with Gasteiger partial charge in [-0.05, 0) is 36.2 Å². The molecule has 2 fully saturated rings. The molecule has 2 saturated heterocycles. The largest absolute Gasteiger partial charge is 0.496 e. The number of anilines is 1. The van der Waals surface area contributed by atoms with Crippen LogP contribution in [0.4, 0.5) is 5.69 Å². The maximum atomic E-state index is 14.2. The molecule has 3 heterocycles. The van der Waals surface area contributed by atoms with E-state index in [0.717, 1.165) is 22.0 Å². The molecule has 1 aromatic heterocycles. The number of methoxy groups -OCH3 is 1. The number of hydrogen-bond donors (Lipinski definition) is 3. The normalized spacial score (nSPS) is 24.7. The fourth-order valence-corrected chi connectivity index (χ4v) is 6.26. The lowest BCUT2D eigenvalue weighted by atomic mass is 9.76. The summed E-state index contributed by atoms with van der Waals surface area (Å²) < 4.78 is 5.59. The highest BCUT2D eigenvalue weighted by Gasteiger charge is 2.69. The van der Waals surface area contributed by atoms with Gasteiger partial charge in [-0.1, -0.05) is 54.6 Å². The van der Waals surface area contributed by atoms with E-state index in [9.17, 15) is 19.5 Å². The molecular weight excluding hydrogens is 482 g/mol. The molecule has 0 spiro atoms. The van der Waals surface area contributed by atoms with E-state index < -0.39 is 41.2 Å². The van der Waals surface area contributed by atoms with Crippen molar-refractivity contribution in [3.8, 4) is 5.75 Å². The molecule has 8 nitrogen and oxygen atoms in total. The van der Waals surface area contributed by atoms with Crippen molar-refractivity contribution in [1.29, 1.82) is 0 Å². The van der Waals surface area contributed by atoms with E-state index >= 15 is 0 Å². The number of aromatic nitrogens is 1. The number of carboxylic acid groups (broad SMARTS) is 1. The van der Waals surface area contributed by atoms with Gasteiger partial charge in [0.25, 0.3) is 0 Å². The van der Waals surface area contributed by atoms with Crippen LogP contribution in [0.2, 0.25) is 0 Å². The zero-order chi connectivity index (χ0) is 26.6. The molecule has 4 aromatic rings. The van der Waals surface area contributed by atoms with Crippen LogP contribution in [0, 0.1) is 18.8 Å². The fraction of sp³-hybridized carbons (Fsp3) is 0.233. The molecule has 0 aliphatic carbocycles. The summed E-state index contributed by atoms with van der Waals surface area (Å²) in [7, 11) is 1.53. The Morgan fingerprint density at radius 2 is 1.71 bits per heavy atom. The van der Waals surface area contributed by atoms with Crippen molar-refractivity contribution in [1.82, 2.24) is 10.3 Å². The van der Waals surface area contributed by atoms with E-state index in [0.29, 0.717) is 17.0 Å². The Kier molecular flexibility index (Phi) is 5.57. The van der Waals surface area contributed by atoms with E-state index in [1.54, 1.807) is 24.4 Å². The molecule has 0 saturated carbocycles. The first-order valence-corrected chi connectivity index (χ1v) is 12.5. The number of nitrogens with zero attached hydrogens (tertiary/aromatic N) is 1. The maximum absolute atomic E-state index is 14.2. The van der Waals surface area contributed by atoms with Crippen molar-refractivity contribution < 1.29 is 24.2 Å². The van der Waals surface area contributed by atoms with Crippen LogP contribution in [0.1, 0.15) is 22.7 Å². The molecule has 8 heteroatoms. The molecule has 0 radical (unpaired) electrons. The summed E-state index contributed by atoms with van der Waals surface area (Å²) in [5.74, 6) is -3.65. The lowest BCUT2D eigenvalue weighted by Crippen LogP contribution is -2.57. The number of nitrogens with one attached hydrogen (secondary N) is 2. The van der Waals surface area contributed by atoms with Crippen molar-refractivity contribution in [2.75, 3.05) is 12.0 Å². The van der Waals surface area contributed by atoms with Crippen LogP contribution in [0.25, 0.3) is 10.9 Å². The number of fused-ring (bicyclic) bond motifs is 2. The van der Waals surface area contributed by atoms with Crippen LogP contribution in [0.5, 0.6) is 5.75 Å². The van der Waals surface area contributed by atoms with Gasteiger partial charge in [0.15, 0.2) is 0 Å². The van der Waals surface area contributed by atoms with Crippen molar-refractivity contribution in [2.24, 2.45) is 11.8 Å². The number of H-pyrrole nitrogens is 1. The van der Waals surface area contributed by atoms with Gasteiger partial charge in [-0.3, -0.25) is 19.7 Å². The topological polar surface area (TPSA) is 112 Å². The highest BCUT2D eigenvalue weighted by Crippen LogP contribution is 2.52. The van der Waals surface area contributed by atoms with E-state index in [-0.39, 0.29) is 6.42 Å². The van der Waals surface area contributed by atoms with Crippen LogP contribution in [-0.2, 0) is 20.8 Å². The lowest BCUT2D eigenvalue weighted by Gasteiger charge is -2.31. The summed E-state index contributed by atoms with van der Waals surface area (Å²) >= 11 is 0. The van der Waals surface area contributed by atoms with E-state index in [1.165, 1.54) is 12.0 Å². The zero-order valence-electron chi connectivity index (χ0n) is 21.0. The number of rotatable bonds is 6. The van der Waals surface area contributed by atoms with E-state index in [4.69, 9.17) is 4.74 Å². The summed E-state index contributed by atoms with van der Waals surface area (Å²) in [6.45, 7) is 1.83. The average Bonchev–Trinajstić information content (AvgIpc) is 3.57. The second-order valence-electron chi connectivity index (χ2n) is 9.98. The van der Waals surface area contributed by atoms with Gasteiger partial charge in [-0.15, -0.1) is 0 Å². The standard InChI is InChI=1S/C30H27N3O5/c1-17-9-3-7-13-22(17)33-27(34)24-25(28(33)35)30(29(36)37,15-18-16-31-21-12-6-4-10-19(18)21)32-26(24)20-11-5-8-14-23(20)38-2/h3-14,16,24-26,31-32H,15H2,1-2H3,(H,36,37). The molecule has 3 N–H and O–H groups in total. The van der Waals surface area contributed by atoms with Crippen molar-refractivity contribution in [3.05, 3.63) is 95.7 Å². The summed E-state index contributed by atoms with van der Waals surface area (Å²) in [6.07, 6.45) is 1.79. The molecule has 4 unspecified atom stereocenters. The molecule has 6 rings (SSSR count). The summed E-state index contributed by atoms with van der Waals surface area (Å²) in [5, 5.41) is 15.0. The third kappa shape index (κ3) is 3.37. The van der Waals surface area contributed by atoms with Gasteiger partial charge in [0, 0.05) is 35.1 Å². The Morgan fingerprint density at radius 1 is 1.00 bits per heavy atom. The molecule has 2 aliphatic heterocycles. The monoisotopic (exact) mass is 509 g/mol. The molecule has 2 aliphatic rings. The number of carbonyl (C=O) groups is 3. The number of ether oxygens (including phenoxy) is 1. The smallest absolute Gasteiger partial charge is 0.325 e. The van der Waals surface area contributed by atoms with Gasteiger partial charge in [0.05, 0.1) is 24.6 Å². The summed E-state index contributed by atoms with van der Waals surface area (Å²) in [5.41, 5.74) is 1.76. The van der Waals surface area contributed by atoms with Gasteiger partial charge in [-0.2, -0.15) is 0 Å². The predicted octanol–water partition coefficient (Wildman–Crippen LogP) is 4.00. The van der Waals surface area contributed by atoms with Crippen molar-refractivity contribution >= 4 is 34.4 Å². The summed E-state index contributed by atoms with van der Waals surface area (Å²) in [4.78, 5) is 45.9. The number of aryl methyl sites for hydroxylation is 1. The minimum atomic E-state index is -1.73. The van der Waals surface area contributed by atoms with Crippen LogP contribution in [-0.4, -0.2) is 40.5 Å². The number of aliphatic carboxylic acids is 1. The Bertz CT molecular complexity index is 1590. The van der Waals surface area contributed by atoms with Crippen LogP contribution in [0.15, 0.2) is 79.0 Å². The first kappa shape index (κ1) is 23.9. The Balaban J connectivity index is 1.54. The number of imide groups is 1. The minimum Gasteiger partial charge on any atom is -0.496 e. The number of para-hydroxylation sites is 3. The number of carboxylic acids is 1. The average molecular weight is 510 g/mol. The number of hydrogen-bond acceptors (Lipinski definition) is 5. The number of amides is 2. The van der Waals surface area contributed by atoms with Crippen LogP contribution >= 0.6 is 0 Å². The maximum Gasteiger partial charge on any atom is 0.325 e. The first-order chi connectivity index (χ1) is 18.4. The molecule has 0 bridgehead atoms.